The molecule has 0 fully saturated rings. The predicted octanol–water partition coefficient (Wildman–Crippen LogP) is 3.35. The van der Waals surface area contributed by atoms with E-state index in [1.165, 1.54) is 35.5 Å². The van der Waals surface area contributed by atoms with E-state index in [0.29, 0.717) is 22.8 Å². The first-order chi connectivity index (χ1) is 16.6. The fourth-order valence-corrected chi connectivity index (χ4v) is 5.84. The molecule has 0 spiro atoms. The van der Waals surface area contributed by atoms with Crippen LogP contribution in [0.5, 0.6) is 5.75 Å². The molecule has 2 N–H and O–H groups in total. The third-order valence-corrected chi connectivity index (χ3v) is 8.68. The summed E-state index contributed by atoms with van der Waals surface area (Å²) in [5, 5.41) is 2.67. The number of carbonyl (C=O) groups is 1. The molecule has 0 saturated heterocycles. The Kier molecular flexibility index (Phi) is 6.73. The van der Waals surface area contributed by atoms with Gasteiger partial charge in [-0.1, -0.05) is 30.3 Å². The number of rotatable bonds is 7. The number of amides is 1. The van der Waals surface area contributed by atoms with Gasteiger partial charge in [-0.05, 0) is 61.9 Å². The van der Waals surface area contributed by atoms with Crippen LogP contribution in [0.15, 0.2) is 77.7 Å². The van der Waals surface area contributed by atoms with Crippen molar-refractivity contribution in [2.45, 2.75) is 24.8 Å². The largest absolute Gasteiger partial charge is 0.476 e. The lowest BCUT2D eigenvalue weighted by molar-refractivity contribution is -0.122. The van der Waals surface area contributed by atoms with Crippen molar-refractivity contribution in [1.82, 2.24) is 0 Å². The molecule has 9 nitrogen and oxygen atoms in total. The second kappa shape index (κ2) is 9.59. The van der Waals surface area contributed by atoms with Crippen molar-refractivity contribution in [3.05, 3.63) is 78.4 Å². The van der Waals surface area contributed by atoms with Gasteiger partial charge in [-0.15, -0.1) is 0 Å². The van der Waals surface area contributed by atoms with Crippen LogP contribution >= 0.6 is 0 Å². The van der Waals surface area contributed by atoms with Gasteiger partial charge in [-0.2, -0.15) is 0 Å². The SMILES string of the molecule is CCS(=O)(=O)N1CC(C(=O)Nc2ccc(S(=O)(=O)Nc3ccccc3C)cc2)Oc2ccccc21. The van der Waals surface area contributed by atoms with E-state index < -0.39 is 32.1 Å². The highest BCUT2D eigenvalue weighted by Crippen LogP contribution is 2.35. The van der Waals surface area contributed by atoms with Crippen LogP contribution in [-0.4, -0.2) is 41.1 Å². The molecule has 11 heteroatoms. The molecule has 1 aliphatic rings. The van der Waals surface area contributed by atoms with E-state index in [9.17, 15) is 21.6 Å². The van der Waals surface area contributed by atoms with Gasteiger partial charge in [0.25, 0.3) is 15.9 Å². The molecule has 0 aromatic heterocycles. The fraction of sp³-hybridized carbons (Fsp3) is 0.208. The van der Waals surface area contributed by atoms with Crippen LogP contribution in [0, 0.1) is 6.92 Å². The van der Waals surface area contributed by atoms with Crippen molar-refractivity contribution in [2.24, 2.45) is 0 Å². The van der Waals surface area contributed by atoms with Crippen molar-refractivity contribution >= 4 is 43.0 Å². The van der Waals surface area contributed by atoms with Gasteiger partial charge in [-0.25, -0.2) is 16.8 Å². The van der Waals surface area contributed by atoms with Crippen LogP contribution in [0.3, 0.4) is 0 Å². The van der Waals surface area contributed by atoms with E-state index in [1.54, 1.807) is 49.4 Å². The first-order valence-corrected chi connectivity index (χ1v) is 14.0. The Morgan fingerprint density at radius 3 is 2.31 bits per heavy atom. The van der Waals surface area contributed by atoms with E-state index in [1.807, 2.05) is 6.07 Å². The molecule has 0 aliphatic carbocycles. The predicted molar refractivity (Wildman–Crippen MR) is 135 cm³/mol. The van der Waals surface area contributed by atoms with Gasteiger partial charge < -0.3 is 10.1 Å². The lowest BCUT2D eigenvalue weighted by atomic mass is 10.2. The standard InChI is InChI=1S/C24H25N3O6S2/c1-3-34(29,30)27-16-23(33-22-11-7-6-10-21(22)27)24(28)25-18-12-14-19(15-13-18)35(31,32)26-20-9-5-4-8-17(20)2/h4-15,23,26H,3,16H2,1-2H3,(H,25,28). The number of ether oxygens (including phenoxy) is 1. The molecule has 0 bridgehead atoms. The Labute approximate surface area is 204 Å². The van der Waals surface area contributed by atoms with Crippen molar-refractivity contribution in [2.75, 3.05) is 26.6 Å². The average Bonchev–Trinajstić information content (AvgIpc) is 2.85. The Morgan fingerprint density at radius 2 is 1.63 bits per heavy atom. The average molecular weight is 516 g/mol. The zero-order valence-corrected chi connectivity index (χ0v) is 20.8. The number of nitrogens with one attached hydrogen (secondary N) is 2. The van der Waals surface area contributed by atoms with Crippen LogP contribution in [-0.2, 0) is 24.8 Å². The van der Waals surface area contributed by atoms with E-state index in [2.05, 4.69) is 10.0 Å². The first kappa shape index (κ1) is 24.6. The molecular formula is C24H25N3O6S2. The minimum atomic E-state index is -3.82. The monoisotopic (exact) mass is 515 g/mol. The van der Waals surface area contributed by atoms with Crippen LogP contribution in [0.1, 0.15) is 12.5 Å². The zero-order chi connectivity index (χ0) is 25.2. The number of fused-ring (bicyclic) bond motifs is 1. The van der Waals surface area contributed by atoms with Crippen molar-refractivity contribution in [3.63, 3.8) is 0 Å². The number of sulfonamides is 2. The minimum Gasteiger partial charge on any atom is -0.476 e. The summed E-state index contributed by atoms with van der Waals surface area (Å²) in [7, 11) is -7.45. The molecule has 0 radical (unpaired) electrons. The summed E-state index contributed by atoms with van der Waals surface area (Å²) in [6, 6.07) is 19.3. The second-order valence-corrected chi connectivity index (χ2v) is 11.8. The molecule has 3 aromatic rings. The molecule has 3 aromatic carbocycles. The van der Waals surface area contributed by atoms with Crippen LogP contribution < -0.4 is 19.1 Å². The highest BCUT2D eigenvalue weighted by atomic mass is 32.2. The van der Waals surface area contributed by atoms with Crippen LogP contribution in [0.2, 0.25) is 0 Å². The third kappa shape index (κ3) is 5.25. The van der Waals surface area contributed by atoms with Gasteiger partial charge >= 0.3 is 0 Å². The summed E-state index contributed by atoms with van der Waals surface area (Å²) in [6.07, 6.45) is -1.09. The highest BCUT2D eigenvalue weighted by molar-refractivity contribution is 7.93. The summed E-state index contributed by atoms with van der Waals surface area (Å²) in [6.45, 7) is 3.16. The molecule has 184 valence electrons. The molecular weight excluding hydrogens is 490 g/mol. The number of hydrogen-bond acceptors (Lipinski definition) is 6. The first-order valence-electron chi connectivity index (χ1n) is 10.9. The maximum Gasteiger partial charge on any atom is 0.267 e. The number of benzene rings is 3. The Balaban J connectivity index is 1.49. The molecule has 1 unspecified atom stereocenters. The van der Waals surface area contributed by atoms with E-state index in [-0.39, 0.29) is 17.2 Å². The summed E-state index contributed by atoms with van der Waals surface area (Å²) in [5.41, 5.74) is 1.99. The molecule has 1 amide bonds. The molecule has 1 atom stereocenters. The van der Waals surface area contributed by atoms with Gasteiger partial charge in [0.2, 0.25) is 10.0 Å². The van der Waals surface area contributed by atoms with E-state index in [4.69, 9.17) is 4.74 Å². The minimum absolute atomic E-state index is 0.0295. The zero-order valence-electron chi connectivity index (χ0n) is 19.1. The second-order valence-electron chi connectivity index (χ2n) is 7.94. The van der Waals surface area contributed by atoms with Crippen LogP contribution in [0.4, 0.5) is 17.1 Å². The molecule has 1 heterocycles. The van der Waals surface area contributed by atoms with Gasteiger partial charge in [-0.3, -0.25) is 13.8 Å². The Bertz CT molecular complexity index is 1450. The topological polar surface area (TPSA) is 122 Å². The van der Waals surface area contributed by atoms with Crippen molar-refractivity contribution in [1.29, 1.82) is 0 Å². The van der Waals surface area contributed by atoms with Gasteiger partial charge in [0, 0.05) is 5.69 Å². The maximum atomic E-state index is 12.9. The third-order valence-electron chi connectivity index (χ3n) is 5.55. The number of carbonyl (C=O) groups excluding carboxylic acids is 1. The van der Waals surface area contributed by atoms with Crippen molar-refractivity contribution < 1.29 is 26.4 Å². The quantitative estimate of drug-likeness (QED) is 0.498. The molecule has 4 rings (SSSR count). The van der Waals surface area contributed by atoms with E-state index >= 15 is 0 Å². The number of anilines is 3. The fourth-order valence-electron chi connectivity index (χ4n) is 3.59. The van der Waals surface area contributed by atoms with Gasteiger partial charge in [0.05, 0.1) is 28.6 Å². The Hall–Kier alpha value is -3.57. The van der Waals surface area contributed by atoms with Gasteiger partial charge in [0.15, 0.2) is 6.10 Å². The lowest BCUT2D eigenvalue weighted by Crippen LogP contribution is -2.49. The smallest absolute Gasteiger partial charge is 0.267 e. The number of para-hydroxylation sites is 3. The van der Waals surface area contributed by atoms with E-state index in [0.717, 1.165) is 5.56 Å². The van der Waals surface area contributed by atoms with Gasteiger partial charge in [0.1, 0.15) is 5.75 Å². The number of nitrogens with zero attached hydrogens (tertiary/aromatic N) is 1. The Morgan fingerprint density at radius 1 is 0.971 bits per heavy atom. The molecule has 0 saturated carbocycles. The molecule has 35 heavy (non-hydrogen) atoms. The highest BCUT2D eigenvalue weighted by Gasteiger charge is 2.36. The number of aryl methyl sites for hydroxylation is 1. The maximum absolute atomic E-state index is 12.9. The lowest BCUT2D eigenvalue weighted by Gasteiger charge is -2.34. The summed E-state index contributed by atoms with van der Waals surface area (Å²) in [5.74, 6) is -0.383. The van der Waals surface area contributed by atoms with Crippen LogP contribution in [0.25, 0.3) is 0 Å². The molecule has 1 aliphatic heterocycles. The summed E-state index contributed by atoms with van der Waals surface area (Å²) >= 11 is 0. The number of hydrogen-bond donors (Lipinski definition) is 2. The van der Waals surface area contributed by atoms with Crippen molar-refractivity contribution in [3.8, 4) is 5.75 Å². The summed E-state index contributed by atoms with van der Waals surface area (Å²) < 4.78 is 60.2. The summed E-state index contributed by atoms with van der Waals surface area (Å²) in [4.78, 5) is 12.9. The normalized spacial score (nSPS) is 15.6.